The molecule has 1 amide bonds. The van der Waals surface area contributed by atoms with Crippen molar-refractivity contribution in [2.75, 3.05) is 46.3 Å². The van der Waals surface area contributed by atoms with Crippen LogP contribution in [-0.2, 0) is 17.8 Å². The molecule has 2 unspecified atom stereocenters. The van der Waals surface area contributed by atoms with Gasteiger partial charge in [-0.3, -0.25) is 9.69 Å². The van der Waals surface area contributed by atoms with Gasteiger partial charge in [0.15, 0.2) is 0 Å². The number of hydrogen-bond acceptors (Lipinski definition) is 5. The molecule has 162 valence electrons. The van der Waals surface area contributed by atoms with Crippen molar-refractivity contribution >= 4 is 17.2 Å². The van der Waals surface area contributed by atoms with E-state index in [0.717, 1.165) is 62.1 Å². The molecule has 2 aliphatic rings. The maximum Gasteiger partial charge on any atom is 0.228 e. The van der Waals surface area contributed by atoms with E-state index in [1.54, 1.807) is 11.3 Å². The zero-order valence-electron chi connectivity index (χ0n) is 18.5. The third-order valence-corrected chi connectivity index (χ3v) is 7.22. The van der Waals surface area contributed by atoms with Crippen molar-refractivity contribution in [1.82, 2.24) is 19.7 Å². The summed E-state index contributed by atoms with van der Waals surface area (Å²) in [5.74, 6) is 1.40. The molecule has 4 rings (SSSR count). The fourth-order valence-corrected chi connectivity index (χ4v) is 5.54. The van der Waals surface area contributed by atoms with E-state index in [4.69, 9.17) is 4.98 Å². The Morgan fingerprint density at radius 1 is 1.13 bits per heavy atom. The molecule has 3 heterocycles. The van der Waals surface area contributed by atoms with Gasteiger partial charge in [0.25, 0.3) is 0 Å². The number of amides is 1. The van der Waals surface area contributed by atoms with Crippen LogP contribution >= 0.6 is 11.3 Å². The number of piperidine rings is 1. The number of nitrogens with zero attached hydrogens (tertiary/aromatic N) is 4. The minimum absolute atomic E-state index is 0.217. The van der Waals surface area contributed by atoms with Crippen molar-refractivity contribution < 1.29 is 4.79 Å². The first-order valence-electron chi connectivity index (χ1n) is 11.2. The number of aromatic nitrogens is 1. The number of likely N-dealkylation sites (N-methyl/N-ethyl adjacent to an activating group) is 1. The zero-order valence-corrected chi connectivity index (χ0v) is 19.3. The summed E-state index contributed by atoms with van der Waals surface area (Å²) in [6, 6.07) is 8.73. The van der Waals surface area contributed by atoms with Gasteiger partial charge in [-0.25, -0.2) is 4.98 Å². The van der Waals surface area contributed by atoms with Crippen LogP contribution in [0.5, 0.6) is 0 Å². The summed E-state index contributed by atoms with van der Waals surface area (Å²) in [7, 11) is 2.19. The lowest BCUT2D eigenvalue weighted by atomic mass is 9.92. The average Bonchev–Trinajstić information content (AvgIpc) is 3.18. The van der Waals surface area contributed by atoms with Crippen molar-refractivity contribution in [3.05, 3.63) is 40.9 Å². The van der Waals surface area contributed by atoms with E-state index in [-0.39, 0.29) is 5.91 Å². The van der Waals surface area contributed by atoms with E-state index in [1.807, 2.05) is 4.90 Å². The van der Waals surface area contributed by atoms with Gasteiger partial charge in [0, 0.05) is 56.8 Å². The fraction of sp³-hybridized carbons (Fsp3) is 0.583. The minimum Gasteiger partial charge on any atom is -0.342 e. The Labute approximate surface area is 184 Å². The molecule has 6 heteroatoms. The molecule has 5 nitrogen and oxygen atoms in total. The molecule has 0 spiro atoms. The van der Waals surface area contributed by atoms with Gasteiger partial charge in [-0.15, -0.1) is 11.3 Å². The highest BCUT2D eigenvalue weighted by Gasteiger charge is 2.25. The molecule has 2 aromatic rings. The SMILES string of the molecule is CC1CC(C)CN(C(=O)Cc2csc(-c3cccc(CN4CCN(C)CC4)c3)n2)C1. The standard InChI is InChI=1S/C24H34N4OS/c1-18-11-19(2)15-28(14-18)23(29)13-22-17-30-24(25-22)21-6-4-5-20(12-21)16-27-9-7-26(3)8-10-27/h4-6,12,17-19H,7-11,13-16H2,1-3H3. The number of benzene rings is 1. The number of rotatable bonds is 5. The van der Waals surface area contributed by atoms with Crippen LogP contribution in [0.4, 0.5) is 0 Å². The number of carbonyl (C=O) groups is 1. The lowest BCUT2D eigenvalue weighted by Gasteiger charge is -2.35. The summed E-state index contributed by atoms with van der Waals surface area (Å²) in [6.07, 6.45) is 1.63. The first kappa shape index (κ1) is 21.5. The number of carbonyl (C=O) groups excluding carboxylic acids is 1. The van der Waals surface area contributed by atoms with Crippen LogP contribution < -0.4 is 0 Å². The monoisotopic (exact) mass is 426 g/mol. The van der Waals surface area contributed by atoms with Crippen LogP contribution in [0.3, 0.4) is 0 Å². The Morgan fingerprint density at radius 3 is 2.60 bits per heavy atom. The van der Waals surface area contributed by atoms with Gasteiger partial charge < -0.3 is 9.80 Å². The molecule has 0 N–H and O–H groups in total. The second-order valence-corrected chi connectivity index (χ2v) is 10.2. The molecule has 1 aromatic heterocycles. The quantitative estimate of drug-likeness (QED) is 0.732. The molecule has 2 saturated heterocycles. The Hall–Kier alpha value is -1.76. The number of hydrogen-bond donors (Lipinski definition) is 0. The summed E-state index contributed by atoms with van der Waals surface area (Å²) >= 11 is 1.65. The van der Waals surface area contributed by atoms with Crippen LogP contribution in [0.2, 0.25) is 0 Å². The van der Waals surface area contributed by atoms with E-state index in [0.29, 0.717) is 18.3 Å². The first-order chi connectivity index (χ1) is 14.5. The predicted molar refractivity (Wildman–Crippen MR) is 124 cm³/mol. The molecule has 0 radical (unpaired) electrons. The number of likely N-dealkylation sites (tertiary alicyclic amines) is 1. The smallest absolute Gasteiger partial charge is 0.228 e. The third kappa shape index (κ3) is 5.48. The maximum absolute atomic E-state index is 12.8. The van der Waals surface area contributed by atoms with E-state index in [9.17, 15) is 4.79 Å². The van der Waals surface area contributed by atoms with Crippen LogP contribution in [0.15, 0.2) is 29.6 Å². The molecule has 2 atom stereocenters. The summed E-state index contributed by atoms with van der Waals surface area (Å²) in [5.41, 5.74) is 3.39. The molecule has 2 fully saturated rings. The Bertz CT molecular complexity index is 848. The van der Waals surface area contributed by atoms with Crippen molar-refractivity contribution in [2.45, 2.75) is 33.2 Å². The maximum atomic E-state index is 12.8. The van der Waals surface area contributed by atoms with Crippen LogP contribution in [0.1, 0.15) is 31.5 Å². The van der Waals surface area contributed by atoms with Gasteiger partial charge in [-0.05, 0) is 36.9 Å². The molecular formula is C24H34N4OS. The zero-order chi connectivity index (χ0) is 21.1. The third-order valence-electron chi connectivity index (χ3n) is 6.28. The van der Waals surface area contributed by atoms with Crippen molar-refractivity contribution in [2.24, 2.45) is 11.8 Å². The van der Waals surface area contributed by atoms with Crippen LogP contribution in [0, 0.1) is 11.8 Å². The van der Waals surface area contributed by atoms with Crippen LogP contribution in [0.25, 0.3) is 10.6 Å². The summed E-state index contributed by atoms with van der Waals surface area (Å²) in [4.78, 5) is 24.5. The van der Waals surface area contributed by atoms with Crippen molar-refractivity contribution in [3.8, 4) is 10.6 Å². The normalized spacial score (nSPS) is 23.6. The van der Waals surface area contributed by atoms with Crippen LogP contribution in [-0.4, -0.2) is 71.9 Å². The second kappa shape index (κ2) is 9.58. The highest BCUT2D eigenvalue weighted by atomic mass is 32.1. The average molecular weight is 427 g/mol. The lowest BCUT2D eigenvalue weighted by molar-refractivity contribution is -0.133. The van der Waals surface area contributed by atoms with Crippen molar-refractivity contribution in [1.29, 1.82) is 0 Å². The fourth-order valence-electron chi connectivity index (χ4n) is 4.72. The van der Waals surface area contributed by atoms with Gasteiger partial charge in [-0.2, -0.15) is 0 Å². The molecule has 30 heavy (non-hydrogen) atoms. The highest BCUT2D eigenvalue weighted by molar-refractivity contribution is 7.13. The summed E-state index contributed by atoms with van der Waals surface area (Å²) in [6.45, 7) is 11.8. The number of piperazine rings is 1. The summed E-state index contributed by atoms with van der Waals surface area (Å²) < 4.78 is 0. The Morgan fingerprint density at radius 2 is 1.87 bits per heavy atom. The molecule has 0 saturated carbocycles. The second-order valence-electron chi connectivity index (χ2n) is 9.35. The largest absolute Gasteiger partial charge is 0.342 e. The minimum atomic E-state index is 0.217. The molecule has 2 aliphatic heterocycles. The van der Waals surface area contributed by atoms with Gasteiger partial charge in [0.1, 0.15) is 5.01 Å². The molecule has 0 bridgehead atoms. The molecule has 0 aliphatic carbocycles. The van der Waals surface area contributed by atoms with Gasteiger partial charge >= 0.3 is 0 Å². The number of thiazole rings is 1. The highest BCUT2D eigenvalue weighted by Crippen LogP contribution is 2.26. The van der Waals surface area contributed by atoms with E-state index in [2.05, 4.69) is 60.3 Å². The Balaban J connectivity index is 1.38. The van der Waals surface area contributed by atoms with Gasteiger partial charge in [-0.1, -0.05) is 32.0 Å². The summed E-state index contributed by atoms with van der Waals surface area (Å²) in [5, 5.41) is 3.07. The first-order valence-corrected chi connectivity index (χ1v) is 12.1. The Kier molecular flexibility index (Phi) is 6.86. The predicted octanol–water partition coefficient (Wildman–Crippen LogP) is 3.60. The topological polar surface area (TPSA) is 39.7 Å². The van der Waals surface area contributed by atoms with Crippen molar-refractivity contribution in [3.63, 3.8) is 0 Å². The molecular weight excluding hydrogens is 392 g/mol. The van der Waals surface area contributed by atoms with E-state index < -0.39 is 0 Å². The lowest BCUT2D eigenvalue weighted by Crippen LogP contribution is -2.43. The van der Waals surface area contributed by atoms with E-state index >= 15 is 0 Å². The van der Waals surface area contributed by atoms with Gasteiger partial charge in [0.05, 0.1) is 12.1 Å². The molecule has 1 aromatic carbocycles. The van der Waals surface area contributed by atoms with Gasteiger partial charge in [0.2, 0.25) is 5.91 Å². The van der Waals surface area contributed by atoms with E-state index in [1.165, 1.54) is 12.0 Å².